The normalized spacial score (nSPS) is 8.75. The van der Waals surface area contributed by atoms with Gasteiger partial charge >= 0.3 is 0 Å². The van der Waals surface area contributed by atoms with Crippen LogP contribution in [0.1, 0.15) is 51.4 Å². The van der Waals surface area contributed by atoms with Gasteiger partial charge in [-0.25, -0.2) is 0 Å². The van der Waals surface area contributed by atoms with Crippen LogP contribution in [0.15, 0.2) is 0 Å². The Morgan fingerprint density at radius 2 is 0.875 bits per heavy atom. The van der Waals surface area contributed by atoms with Crippen LogP contribution in [-0.4, -0.2) is 70.9 Å². The molecule has 0 aromatic carbocycles. The summed E-state index contributed by atoms with van der Waals surface area (Å²) in [6, 6.07) is 0. The molecule has 0 aromatic rings. The molecule has 0 heterocycles. The van der Waals surface area contributed by atoms with E-state index in [1.807, 2.05) is 0 Å². The van der Waals surface area contributed by atoms with E-state index in [0.29, 0.717) is 12.8 Å². The largest absolute Gasteiger partial charge is 0.370 e. The molecule has 0 aliphatic rings. The van der Waals surface area contributed by atoms with Gasteiger partial charge in [0.25, 0.3) is 0 Å². The number of unbranched alkanes of at least 4 members (excludes halogenated alkanes) is 5. The molecule has 4 N–H and O–H groups in total. The van der Waals surface area contributed by atoms with E-state index in [9.17, 15) is 9.59 Å². The molecule has 16 heavy (non-hydrogen) atoms. The molecule has 6 heteroatoms. The van der Waals surface area contributed by atoms with Crippen LogP contribution in [0, 0.1) is 0 Å². The van der Waals surface area contributed by atoms with Crippen molar-refractivity contribution in [3.05, 3.63) is 0 Å². The van der Waals surface area contributed by atoms with Gasteiger partial charge in [-0.05, 0) is 12.8 Å². The zero-order valence-corrected chi connectivity index (χ0v) is 14.6. The Morgan fingerprint density at radius 3 is 1.12 bits per heavy atom. The van der Waals surface area contributed by atoms with Crippen molar-refractivity contribution in [2.24, 2.45) is 11.5 Å². The van der Waals surface area contributed by atoms with Gasteiger partial charge < -0.3 is 11.5 Å². The molecule has 0 fully saturated rings. The van der Waals surface area contributed by atoms with Gasteiger partial charge in [0, 0.05) is 72.0 Å². The molecule has 4 nitrogen and oxygen atoms in total. The van der Waals surface area contributed by atoms with Crippen molar-refractivity contribution in [2.75, 3.05) is 0 Å². The maximum Gasteiger partial charge on any atom is 0.217 e. The third-order valence-electron chi connectivity index (χ3n) is 2.10. The molecule has 0 saturated carbocycles. The zero-order chi connectivity index (χ0) is 10.8. The van der Waals surface area contributed by atoms with E-state index < -0.39 is 0 Å². The van der Waals surface area contributed by atoms with Crippen LogP contribution in [0.5, 0.6) is 0 Å². The molecule has 84 valence electrons. The molecule has 0 aromatic heterocycles. The molecular weight excluding hydrogens is 226 g/mol. The van der Waals surface area contributed by atoms with Crippen LogP contribution in [0.3, 0.4) is 0 Å². The van der Waals surface area contributed by atoms with Crippen molar-refractivity contribution in [1.82, 2.24) is 0 Å². The molecule has 0 spiro atoms. The summed E-state index contributed by atoms with van der Waals surface area (Å²) in [4.78, 5) is 20.8. The molecule has 0 aliphatic carbocycles. The topological polar surface area (TPSA) is 86.2 Å². The minimum atomic E-state index is -0.223. The van der Waals surface area contributed by atoms with Crippen molar-refractivity contribution in [1.29, 1.82) is 0 Å². The van der Waals surface area contributed by atoms with E-state index in [1.54, 1.807) is 0 Å². The van der Waals surface area contributed by atoms with Crippen LogP contribution in [0.2, 0.25) is 0 Å². The van der Waals surface area contributed by atoms with Crippen molar-refractivity contribution < 1.29 is 9.59 Å². The molecule has 0 bridgehead atoms. The van der Waals surface area contributed by atoms with Gasteiger partial charge in [0.15, 0.2) is 0 Å². The third kappa shape index (κ3) is 20.4. The van der Waals surface area contributed by atoms with Gasteiger partial charge in [0.2, 0.25) is 11.8 Å². The molecule has 0 saturated heterocycles. The van der Waals surface area contributed by atoms with E-state index in [0.717, 1.165) is 38.5 Å². The number of rotatable bonds is 9. The zero-order valence-electron chi connectivity index (χ0n) is 10.6. The monoisotopic (exact) mass is 246 g/mol. The fourth-order valence-corrected chi connectivity index (χ4v) is 1.31. The minimum Gasteiger partial charge on any atom is -0.370 e. The Bertz CT molecular complexity index is 170. The van der Waals surface area contributed by atoms with Crippen molar-refractivity contribution in [2.45, 2.75) is 51.4 Å². The molecule has 2 radical (unpaired) electrons. The number of nitrogens with two attached hydrogens (primary N) is 2. The molecule has 0 aliphatic heterocycles. The standard InChI is InChI=1S/C10H20N2O2.2Na/c11-9(13)7-5-3-1-2-4-6-8-10(12)14;;/h1-8H2,(H2,11,13)(H2,12,14);;. The summed E-state index contributed by atoms with van der Waals surface area (Å²) in [7, 11) is 0. The van der Waals surface area contributed by atoms with Crippen LogP contribution in [-0.2, 0) is 9.59 Å². The molecule has 0 atom stereocenters. The second-order valence-corrected chi connectivity index (χ2v) is 3.55. The quantitative estimate of drug-likeness (QED) is 0.453. The Labute approximate surface area is 142 Å². The summed E-state index contributed by atoms with van der Waals surface area (Å²) in [5.74, 6) is -0.447. The average Bonchev–Trinajstić information content (AvgIpc) is 2.08. The predicted octanol–water partition coefficient (Wildman–Crippen LogP) is 0.316. The predicted molar refractivity (Wildman–Crippen MR) is 66.8 cm³/mol. The molecule has 0 unspecified atom stereocenters. The van der Waals surface area contributed by atoms with Crippen molar-refractivity contribution in [3.8, 4) is 0 Å². The first-order valence-electron chi connectivity index (χ1n) is 5.19. The fourth-order valence-electron chi connectivity index (χ4n) is 1.31. The average molecular weight is 246 g/mol. The Balaban J connectivity index is -0.000000845. The third-order valence-corrected chi connectivity index (χ3v) is 2.10. The second-order valence-electron chi connectivity index (χ2n) is 3.55. The van der Waals surface area contributed by atoms with Crippen LogP contribution in [0.25, 0.3) is 0 Å². The Morgan fingerprint density at radius 1 is 0.625 bits per heavy atom. The van der Waals surface area contributed by atoms with Gasteiger partial charge in [-0.15, -0.1) is 0 Å². The van der Waals surface area contributed by atoms with Crippen molar-refractivity contribution in [3.63, 3.8) is 0 Å². The van der Waals surface area contributed by atoms with Crippen LogP contribution < -0.4 is 11.5 Å². The maximum atomic E-state index is 10.4. The van der Waals surface area contributed by atoms with Gasteiger partial charge in [0.05, 0.1) is 0 Å². The summed E-state index contributed by atoms with van der Waals surface area (Å²) in [5, 5.41) is 0. The number of hydrogen-bond acceptors (Lipinski definition) is 2. The van der Waals surface area contributed by atoms with Crippen LogP contribution >= 0.6 is 0 Å². The Kier molecular flexibility index (Phi) is 22.1. The van der Waals surface area contributed by atoms with E-state index in [-0.39, 0.29) is 70.9 Å². The molecular formula is C10H20N2Na2O2. The number of carbonyl (C=O) groups excluding carboxylic acids is 2. The van der Waals surface area contributed by atoms with Gasteiger partial charge in [0.1, 0.15) is 0 Å². The van der Waals surface area contributed by atoms with Crippen molar-refractivity contribution >= 4 is 70.9 Å². The number of carbonyl (C=O) groups is 2. The number of primary amides is 2. The SMILES string of the molecule is NC(=O)CCCCCCCCC(N)=O.[Na].[Na]. The summed E-state index contributed by atoms with van der Waals surface area (Å²) >= 11 is 0. The van der Waals surface area contributed by atoms with E-state index in [2.05, 4.69) is 0 Å². The smallest absolute Gasteiger partial charge is 0.217 e. The maximum absolute atomic E-state index is 10.4. The molecule has 2 amide bonds. The summed E-state index contributed by atoms with van der Waals surface area (Å²) in [6.45, 7) is 0. The first kappa shape index (κ1) is 22.1. The first-order chi connectivity index (χ1) is 6.63. The minimum absolute atomic E-state index is 0. The number of amides is 2. The summed E-state index contributed by atoms with van der Waals surface area (Å²) in [6.07, 6.45) is 7.02. The fraction of sp³-hybridized carbons (Fsp3) is 0.800. The van der Waals surface area contributed by atoms with Gasteiger partial charge in [-0.2, -0.15) is 0 Å². The Hall–Kier alpha value is 0.940. The van der Waals surface area contributed by atoms with E-state index in [1.165, 1.54) is 0 Å². The van der Waals surface area contributed by atoms with E-state index in [4.69, 9.17) is 11.5 Å². The van der Waals surface area contributed by atoms with Gasteiger partial charge in [-0.3, -0.25) is 9.59 Å². The number of hydrogen-bond donors (Lipinski definition) is 2. The first-order valence-corrected chi connectivity index (χ1v) is 5.19. The summed E-state index contributed by atoms with van der Waals surface area (Å²) in [5.41, 5.74) is 10.00. The van der Waals surface area contributed by atoms with Gasteiger partial charge in [-0.1, -0.05) is 25.7 Å². The van der Waals surface area contributed by atoms with E-state index >= 15 is 0 Å². The summed E-state index contributed by atoms with van der Waals surface area (Å²) < 4.78 is 0. The molecule has 0 rings (SSSR count). The van der Waals surface area contributed by atoms with Crippen LogP contribution in [0.4, 0.5) is 0 Å². The second kappa shape index (κ2) is 15.9.